The molecule has 1 aromatic rings. The van der Waals surface area contributed by atoms with Crippen LogP contribution >= 0.6 is 11.6 Å². The molecule has 0 aliphatic rings. The minimum atomic E-state index is -0.948. The fourth-order valence-electron chi connectivity index (χ4n) is 1.41. The highest BCUT2D eigenvalue weighted by Crippen LogP contribution is 2.16. The third-order valence-electron chi connectivity index (χ3n) is 2.17. The van der Waals surface area contributed by atoms with Crippen LogP contribution < -0.4 is 0 Å². The van der Waals surface area contributed by atoms with E-state index in [2.05, 4.69) is 11.8 Å². The minimum Gasteiger partial charge on any atom is -0.481 e. The van der Waals surface area contributed by atoms with Gasteiger partial charge in [-0.2, -0.15) is 0 Å². The average molecular weight is 281 g/mol. The van der Waals surface area contributed by atoms with E-state index in [9.17, 15) is 9.59 Å². The van der Waals surface area contributed by atoms with E-state index < -0.39 is 11.9 Å². The topological polar surface area (TPSA) is 63.6 Å². The van der Waals surface area contributed by atoms with Crippen molar-refractivity contribution < 1.29 is 19.4 Å². The van der Waals surface area contributed by atoms with Gasteiger partial charge in [0.1, 0.15) is 6.42 Å². The standard InChI is InChI=1S/C14H13ClO4/c1-2-19-14(18)5-3-4-10-8-12(15)7-6-11(10)9-13(16)17/h6-8H,2,5,9H2,1H3,(H,16,17). The van der Waals surface area contributed by atoms with Crippen molar-refractivity contribution in [3.8, 4) is 11.8 Å². The summed E-state index contributed by atoms with van der Waals surface area (Å²) in [7, 11) is 0. The van der Waals surface area contributed by atoms with Crippen LogP contribution in [0.2, 0.25) is 5.02 Å². The van der Waals surface area contributed by atoms with E-state index in [0.717, 1.165) is 0 Å². The number of carboxylic acids is 1. The molecule has 0 heterocycles. The molecule has 0 atom stereocenters. The fraction of sp³-hybridized carbons (Fsp3) is 0.286. The molecule has 1 N–H and O–H groups in total. The van der Waals surface area contributed by atoms with Crippen molar-refractivity contribution in [2.45, 2.75) is 19.8 Å². The molecule has 4 nitrogen and oxygen atoms in total. The summed E-state index contributed by atoms with van der Waals surface area (Å²) >= 11 is 5.84. The highest BCUT2D eigenvalue weighted by molar-refractivity contribution is 6.30. The Bertz CT molecular complexity index is 540. The molecular weight excluding hydrogens is 268 g/mol. The van der Waals surface area contributed by atoms with Crippen LogP contribution in [0.5, 0.6) is 0 Å². The van der Waals surface area contributed by atoms with Gasteiger partial charge in [-0.3, -0.25) is 9.59 Å². The van der Waals surface area contributed by atoms with Crippen LogP contribution in [0.1, 0.15) is 24.5 Å². The van der Waals surface area contributed by atoms with Gasteiger partial charge in [0.25, 0.3) is 0 Å². The van der Waals surface area contributed by atoms with E-state index in [1.165, 1.54) is 0 Å². The summed E-state index contributed by atoms with van der Waals surface area (Å²) in [4.78, 5) is 21.8. The Labute approximate surface area is 116 Å². The molecule has 1 rings (SSSR count). The molecule has 0 spiro atoms. The number of halogens is 1. The molecule has 0 radical (unpaired) electrons. The maximum Gasteiger partial charge on any atom is 0.317 e. The predicted molar refractivity (Wildman–Crippen MR) is 70.9 cm³/mol. The largest absolute Gasteiger partial charge is 0.481 e. The van der Waals surface area contributed by atoms with E-state index in [1.54, 1.807) is 25.1 Å². The van der Waals surface area contributed by atoms with Crippen molar-refractivity contribution in [3.63, 3.8) is 0 Å². The first kappa shape index (κ1) is 15.1. The maximum absolute atomic E-state index is 11.1. The highest BCUT2D eigenvalue weighted by atomic mass is 35.5. The lowest BCUT2D eigenvalue weighted by molar-refractivity contribution is -0.142. The van der Waals surface area contributed by atoms with Crippen LogP contribution in [0.15, 0.2) is 18.2 Å². The van der Waals surface area contributed by atoms with Gasteiger partial charge in [-0.15, -0.1) is 0 Å². The summed E-state index contributed by atoms with van der Waals surface area (Å²) in [5, 5.41) is 9.26. The molecule has 0 aliphatic carbocycles. The lowest BCUT2D eigenvalue weighted by Crippen LogP contribution is -2.03. The van der Waals surface area contributed by atoms with Gasteiger partial charge in [0.05, 0.1) is 13.0 Å². The molecule has 0 unspecified atom stereocenters. The van der Waals surface area contributed by atoms with Crippen LogP contribution in [0.25, 0.3) is 0 Å². The Morgan fingerprint density at radius 1 is 1.42 bits per heavy atom. The van der Waals surface area contributed by atoms with Crippen LogP contribution in [-0.2, 0) is 20.7 Å². The molecule has 0 saturated carbocycles. The maximum atomic E-state index is 11.1. The Kier molecular flexibility index (Phi) is 5.91. The lowest BCUT2D eigenvalue weighted by Gasteiger charge is -2.02. The summed E-state index contributed by atoms with van der Waals surface area (Å²) in [6.07, 6.45) is -0.173. The smallest absolute Gasteiger partial charge is 0.317 e. The first-order chi connectivity index (χ1) is 9.02. The van der Waals surface area contributed by atoms with E-state index in [-0.39, 0.29) is 12.8 Å². The Morgan fingerprint density at radius 3 is 2.79 bits per heavy atom. The average Bonchev–Trinajstić information content (AvgIpc) is 2.32. The number of carboxylic acid groups (broad SMARTS) is 1. The number of hydrogen-bond acceptors (Lipinski definition) is 3. The molecule has 0 aromatic heterocycles. The molecule has 100 valence electrons. The molecule has 0 aliphatic heterocycles. The Balaban J connectivity index is 2.86. The van der Waals surface area contributed by atoms with Crippen LogP contribution in [0.3, 0.4) is 0 Å². The second-order valence-electron chi connectivity index (χ2n) is 3.66. The number of benzene rings is 1. The van der Waals surface area contributed by atoms with Crippen molar-refractivity contribution >= 4 is 23.5 Å². The molecule has 0 bridgehead atoms. The normalized spacial score (nSPS) is 9.37. The second-order valence-corrected chi connectivity index (χ2v) is 4.09. The fourth-order valence-corrected chi connectivity index (χ4v) is 1.58. The quantitative estimate of drug-likeness (QED) is 0.679. The number of hydrogen-bond donors (Lipinski definition) is 1. The Morgan fingerprint density at radius 2 is 2.16 bits per heavy atom. The summed E-state index contributed by atoms with van der Waals surface area (Å²) in [6, 6.07) is 4.80. The van der Waals surface area contributed by atoms with Gasteiger partial charge in [-0.25, -0.2) is 0 Å². The van der Waals surface area contributed by atoms with E-state index in [0.29, 0.717) is 22.8 Å². The third-order valence-corrected chi connectivity index (χ3v) is 2.41. The van der Waals surface area contributed by atoms with Crippen LogP contribution in [0.4, 0.5) is 0 Å². The van der Waals surface area contributed by atoms with Gasteiger partial charge < -0.3 is 9.84 Å². The van der Waals surface area contributed by atoms with Gasteiger partial charge in [-0.1, -0.05) is 29.5 Å². The molecule has 0 fully saturated rings. The zero-order chi connectivity index (χ0) is 14.3. The van der Waals surface area contributed by atoms with Crippen molar-refractivity contribution in [2.75, 3.05) is 6.61 Å². The molecule has 5 heteroatoms. The summed E-state index contributed by atoms with van der Waals surface area (Å²) in [5.74, 6) is 4.05. The number of aliphatic carboxylic acids is 1. The van der Waals surface area contributed by atoms with Gasteiger partial charge in [0, 0.05) is 10.6 Å². The van der Waals surface area contributed by atoms with Crippen molar-refractivity contribution in [1.82, 2.24) is 0 Å². The SMILES string of the molecule is CCOC(=O)CC#Cc1cc(Cl)ccc1CC(=O)O. The summed E-state index contributed by atoms with van der Waals surface area (Å²) in [6.45, 7) is 2.02. The molecule has 0 amide bonds. The van der Waals surface area contributed by atoms with Gasteiger partial charge in [0.15, 0.2) is 0 Å². The number of rotatable bonds is 4. The minimum absolute atomic E-state index is 0.0349. The van der Waals surface area contributed by atoms with E-state index >= 15 is 0 Å². The van der Waals surface area contributed by atoms with Gasteiger partial charge in [0.2, 0.25) is 0 Å². The van der Waals surface area contributed by atoms with E-state index in [1.807, 2.05) is 0 Å². The number of ether oxygens (including phenoxy) is 1. The lowest BCUT2D eigenvalue weighted by atomic mass is 10.0. The molecule has 0 saturated heterocycles. The zero-order valence-electron chi connectivity index (χ0n) is 10.4. The summed E-state index contributed by atoms with van der Waals surface area (Å²) < 4.78 is 4.74. The molecule has 19 heavy (non-hydrogen) atoms. The Hall–Kier alpha value is -1.99. The van der Waals surface area contributed by atoms with Gasteiger partial charge in [-0.05, 0) is 24.6 Å². The van der Waals surface area contributed by atoms with Crippen molar-refractivity contribution in [2.24, 2.45) is 0 Å². The van der Waals surface area contributed by atoms with E-state index in [4.69, 9.17) is 21.4 Å². The number of esters is 1. The number of carbonyl (C=O) groups is 2. The second kappa shape index (κ2) is 7.45. The first-order valence-electron chi connectivity index (χ1n) is 5.67. The molecule has 1 aromatic carbocycles. The highest BCUT2D eigenvalue weighted by Gasteiger charge is 2.06. The number of carbonyl (C=O) groups excluding carboxylic acids is 1. The first-order valence-corrected chi connectivity index (χ1v) is 6.05. The van der Waals surface area contributed by atoms with Crippen molar-refractivity contribution in [1.29, 1.82) is 0 Å². The third kappa shape index (κ3) is 5.45. The zero-order valence-corrected chi connectivity index (χ0v) is 11.2. The van der Waals surface area contributed by atoms with Gasteiger partial charge >= 0.3 is 11.9 Å². The predicted octanol–water partition coefficient (Wildman–Crippen LogP) is 2.27. The van der Waals surface area contributed by atoms with Crippen LogP contribution in [0, 0.1) is 11.8 Å². The monoisotopic (exact) mass is 280 g/mol. The van der Waals surface area contributed by atoms with Crippen LogP contribution in [-0.4, -0.2) is 23.7 Å². The molecular formula is C14H13ClO4. The van der Waals surface area contributed by atoms with Crippen molar-refractivity contribution in [3.05, 3.63) is 34.3 Å². The summed E-state index contributed by atoms with van der Waals surface area (Å²) in [5.41, 5.74) is 1.08.